The Labute approximate surface area is 120 Å². The quantitative estimate of drug-likeness (QED) is 0.891. The first-order valence-electron chi connectivity index (χ1n) is 7.38. The van der Waals surface area contributed by atoms with Crippen LogP contribution in [0.1, 0.15) is 55.3 Å². The van der Waals surface area contributed by atoms with Crippen molar-refractivity contribution in [2.24, 2.45) is 0 Å². The topological polar surface area (TPSA) is 58.6 Å². The third kappa shape index (κ3) is 3.89. The van der Waals surface area contributed by atoms with E-state index in [4.69, 9.17) is 4.74 Å². The number of amides is 1. The van der Waals surface area contributed by atoms with Crippen LogP contribution in [0.5, 0.6) is 11.5 Å². The molecule has 0 unspecified atom stereocenters. The van der Waals surface area contributed by atoms with Crippen molar-refractivity contribution in [2.75, 3.05) is 7.11 Å². The van der Waals surface area contributed by atoms with Crippen molar-refractivity contribution in [1.82, 2.24) is 5.32 Å². The molecule has 1 aromatic carbocycles. The third-order valence-electron chi connectivity index (χ3n) is 3.89. The fraction of sp³-hybridized carbons (Fsp3) is 0.562. The zero-order valence-corrected chi connectivity index (χ0v) is 12.0. The van der Waals surface area contributed by atoms with Crippen LogP contribution in [0.15, 0.2) is 18.2 Å². The average Bonchev–Trinajstić information content (AvgIpc) is 2.41. The van der Waals surface area contributed by atoms with Crippen LogP contribution in [-0.4, -0.2) is 24.2 Å². The summed E-state index contributed by atoms with van der Waals surface area (Å²) in [5.41, 5.74) is 0.313. The van der Waals surface area contributed by atoms with E-state index in [0.717, 1.165) is 12.8 Å². The van der Waals surface area contributed by atoms with E-state index < -0.39 is 0 Å². The van der Waals surface area contributed by atoms with E-state index in [1.54, 1.807) is 12.1 Å². The summed E-state index contributed by atoms with van der Waals surface area (Å²) in [6.45, 7) is 0. The van der Waals surface area contributed by atoms with Crippen LogP contribution >= 0.6 is 0 Å². The number of hydrogen-bond donors (Lipinski definition) is 2. The van der Waals surface area contributed by atoms with Gasteiger partial charge in [-0.15, -0.1) is 0 Å². The Morgan fingerprint density at radius 3 is 2.45 bits per heavy atom. The molecule has 1 aliphatic rings. The van der Waals surface area contributed by atoms with Gasteiger partial charge in [0, 0.05) is 12.1 Å². The van der Waals surface area contributed by atoms with E-state index in [9.17, 15) is 9.90 Å². The molecule has 110 valence electrons. The number of carbonyl (C=O) groups excluding carboxylic acids is 1. The van der Waals surface area contributed by atoms with Gasteiger partial charge in [-0.25, -0.2) is 0 Å². The minimum Gasteiger partial charge on any atom is -0.507 e. The Morgan fingerprint density at radius 1 is 1.20 bits per heavy atom. The zero-order valence-electron chi connectivity index (χ0n) is 12.0. The van der Waals surface area contributed by atoms with Crippen molar-refractivity contribution >= 4 is 5.91 Å². The number of methoxy groups -OCH3 is 1. The van der Waals surface area contributed by atoms with Crippen LogP contribution in [0.2, 0.25) is 0 Å². The minimum atomic E-state index is -0.198. The van der Waals surface area contributed by atoms with Gasteiger partial charge in [-0.3, -0.25) is 4.79 Å². The summed E-state index contributed by atoms with van der Waals surface area (Å²) in [6.07, 6.45) is 8.20. The molecule has 0 radical (unpaired) electrons. The van der Waals surface area contributed by atoms with Gasteiger partial charge >= 0.3 is 0 Å². The highest BCUT2D eigenvalue weighted by molar-refractivity contribution is 5.97. The van der Waals surface area contributed by atoms with Crippen molar-refractivity contribution in [3.8, 4) is 11.5 Å². The highest BCUT2D eigenvalue weighted by Crippen LogP contribution is 2.24. The van der Waals surface area contributed by atoms with E-state index in [0.29, 0.717) is 11.3 Å². The number of nitrogens with one attached hydrogen (secondary N) is 1. The first-order chi connectivity index (χ1) is 9.70. The second kappa shape index (κ2) is 7.17. The molecule has 0 aliphatic heterocycles. The molecule has 4 nitrogen and oxygen atoms in total. The molecule has 0 saturated heterocycles. The third-order valence-corrected chi connectivity index (χ3v) is 3.89. The van der Waals surface area contributed by atoms with Crippen LogP contribution in [0.25, 0.3) is 0 Å². The SMILES string of the molecule is COc1ccc(C(=O)NC2CCCCCCC2)c(O)c1. The van der Waals surface area contributed by atoms with Gasteiger partial charge in [0.2, 0.25) is 0 Å². The number of phenolic OH excluding ortho intramolecular Hbond substituents is 1. The number of rotatable bonds is 3. The van der Waals surface area contributed by atoms with Crippen molar-refractivity contribution in [3.05, 3.63) is 23.8 Å². The summed E-state index contributed by atoms with van der Waals surface area (Å²) in [5, 5.41) is 12.9. The van der Waals surface area contributed by atoms with Crippen molar-refractivity contribution in [3.63, 3.8) is 0 Å². The highest BCUT2D eigenvalue weighted by atomic mass is 16.5. The summed E-state index contributed by atoms with van der Waals surface area (Å²) < 4.78 is 5.02. The molecule has 1 aliphatic carbocycles. The summed E-state index contributed by atoms with van der Waals surface area (Å²) >= 11 is 0. The van der Waals surface area contributed by atoms with Gasteiger partial charge < -0.3 is 15.2 Å². The zero-order chi connectivity index (χ0) is 14.4. The van der Waals surface area contributed by atoms with Crippen molar-refractivity contribution < 1.29 is 14.6 Å². The average molecular weight is 277 g/mol. The van der Waals surface area contributed by atoms with E-state index in [2.05, 4.69) is 5.32 Å². The van der Waals surface area contributed by atoms with Gasteiger partial charge in [-0.05, 0) is 25.0 Å². The lowest BCUT2D eigenvalue weighted by atomic mass is 9.96. The monoisotopic (exact) mass is 277 g/mol. The number of carbonyl (C=O) groups is 1. The maximum atomic E-state index is 12.2. The fourth-order valence-corrected chi connectivity index (χ4v) is 2.69. The molecule has 0 aromatic heterocycles. The summed E-state index contributed by atoms with van der Waals surface area (Å²) in [7, 11) is 1.53. The van der Waals surface area contributed by atoms with Gasteiger partial charge in [0.05, 0.1) is 12.7 Å². The number of benzene rings is 1. The van der Waals surface area contributed by atoms with Crippen LogP contribution < -0.4 is 10.1 Å². The Hall–Kier alpha value is -1.71. The molecule has 0 atom stereocenters. The highest BCUT2D eigenvalue weighted by Gasteiger charge is 2.17. The van der Waals surface area contributed by atoms with Gasteiger partial charge in [0.15, 0.2) is 0 Å². The first-order valence-corrected chi connectivity index (χ1v) is 7.38. The summed E-state index contributed by atoms with van der Waals surface area (Å²) in [6, 6.07) is 4.98. The number of aromatic hydroxyl groups is 1. The molecule has 2 N–H and O–H groups in total. The molecular weight excluding hydrogens is 254 g/mol. The normalized spacial score (nSPS) is 17.1. The Balaban J connectivity index is 1.99. The molecular formula is C16H23NO3. The fourth-order valence-electron chi connectivity index (χ4n) is 2.69. The Kier molecular flexibility index (Phi) is 5.27. The molecule has 0 bridgehead atoms. The molecule has 1 saturated carbocycles. The van der Waals surface area contributed by atoms with Gasteiger partial charge in [-0.1, -0.05) is 32.1 Å². The molecule has 2 rings (SSSR count). The maximum Gasteiger partial charge on any atom is 0.255 e. The predicted octanol–water partition coefficient (Wildman–Crippen LogP) is 3.24. The molecule has 20 heavy (non-hydrogen) atoms. The maximum absolute atomic E-state index is 12.2. The predicted molar refractivity (Wildman–Crippen MR) is 78.2 cm³/mol. The van der Waals surface area contributed by atoms with Crippen LogP contribution in [-0.2, 0) is 0 Å². The largest absolute Gasteiger partial charge is 0.507 e. The first kappa shape index (κ1) is 14.7. The number of ether oxygens (including phenoxy) is 1. The number of phenols is 1. The smallest absolute Gasteiger partial charge is 0.255 e. The van der Waals surface area contributed by atoms with E-state index in [1.807, 2.05) is 0 Å². The lowest BCUT2D eigenvalue weighted by Gasteiger charge is -2.21. The molecule has 1 fully saturated rings. The Morgan fingerprint density at radius 2 is 1.85 bits per heavy atom. The van der Waals surface area contributed by atoms with Crippen LogP contribution in [0.3, 0.4) is 0 Å². The van der Waals surface area contributed by atoms with Gasteiger partial charge in [0.25, 0.3) is 5.91 Å². The molecule has 4 heteroatoms. The van der Waals surface area contributed by atoms with Crippen LogP contribution in [0.4, 0.5) is 0 Å². The summed E-state index contributed by atoms with van der Waals surface area (Å²) in [4.78, 5) is 12.2. The van der Waals surface area contributed by atoms with Crippen molar-refractivity contribution in [1.29, 1.82) is 0 Å². The number of hydrogen-bond acceptors (Lipinski definition) is 3. The lowest BCUT2D eigenvalue weighted by Crippen LogP contribution is -2.35. The van der Waals surface area contributed by atoms with E-state index in [1.165, 1.54) is 45.3 Å². The lowest BCUT2D eigenvalue weighted by molar-refractivity contribution is 0.0927. The van der Waals surface area contributed by atoms with E-state index >= 15 is 0 Å². The molecule has 1 amide bonds. The van der Waals surface area contributed by atoms with Crippen LogP contribution in [0, 0.1) is 0 Å². The minimum absolute atomic E-state index is 0.0345. The summed E-state index contributed by atoms with van der Waals surface area (Å²) in [5.74, 6) is 0.313. The standard InChI is InChI=1S/C16H23NO3/c1-20-13-9-10-14(15(18)11-13)16(19)17-12-7-5-3-2-4-6-8-12/h9-12,18H,2-8H2,1H3,(H,17,19). The molecule has 0 heterocycles. The molecule has 1 aromatic rings. The second-order valence-corrected chi connectivity index (χ2v) is 5.40. The van der Waals surface area contributed by atoms with Gasteiger partial charge in [-0.2, -0.15) is 0 Å². The van der Waals surface area contributed by atoms with Gasteiger partial charge in [0.1, 0.15) is 11.5 Å². The van der Waals surface area contributed by atoms with E-state index in [-0.39, 0.29) is 17.7 Å². The Bertz CT molecular complexity index is 451. The second-order valence-electron chi connectivity index (χ2n) is 5.40. The molecule has 0 spiro atoms. The van der Waals surface area contributed by atoms with Crippen molar-refractivity contribution in [2.45, 2.75) is 51.0 Å².